The van der Waals surface area contributed by atoms with Crippen molar-refractivity contribution in [3.05, 3.63) is 34.6 Å². The van der Waals surface area contributed by atoms with Crippen LogP contribution in [0.1, 0.15) is 24.2 Å². The van der Waals surface area contributed by atoms with E-state index in [1.54, 1.807) is 0 Å². The van der Waals surface area contributed by atoms with E-state index >= 15 is 0 Å². The molecule has 0 unspecified atom stereocenters. The van der Waals surface area contributed by atoms with Gasteiger partial charge in [0.15, 0.2) is 0 Å². The van der Waals surface area contributed by atoms with Gasteiger partial charge in [0, 0.05) is 18.1 Å². The van der Waals surface area contributed by atoms with E-state index in [4.69, 9.17) is 11.6 Å². The predicted molar refractivity (Wildman–Crippen MR) is 71.6 cm³/mol. The summed E-state index contributed by atoms with van der Waals surface area (Å²) in [7, 11) is 1.43. The van der Waals surface area contributed by atoms with Crippen LogP contribution in [0.4, 0.5) is 4.39 Å². The van der Waals surface area contributed by atoms with E-state index < -0.39 is 11.7 Å². The van der Waals surface area contributed by atoms with Crippen LogP contribution in [-0.2, 0) is 4.79 Å². The van der Waals surface area contributed by atoms with Crippen LogP contribution in [-0.4, -0.2) is 36.3 Å². The van der Waals surface area contributed by atoms with Gasteiger partial charge >= 0.3 is 0 Å². The molecule has 0 radical (unpaired) electrons. The van der Waals surface area contributed by atoms with E-state index in [1.165, 1.54) is 19.2 Å². The first-order valence-corrected chi connectivity index (χ1v) is 6.19. The first-order chi connectivity index (χ1) is 8.81. The number of carbonyl (C=O) groups is 2. The third kappa shape index (κ3) is 4.52. The zero-order chi connectivity index (χ0) is 14.6. The number of likely N-dealkylation sites (N-methyl/N-ethyl adjacent to an activating group) is 1. The topological polar surface area (TPSA) is 49.4 Å². The van der Waals surface area contributed by atoms with E-state index in [1.807, 2.05) is 13.8 Å². The molecule has 104 valence electrons. The van der Waals surface area contributed by atoms with Crippen molar-refractivity contribution in [3.63, 3.8) is 0 Å². The fourth-order valence-corrected chi connectivity index (χ4v) is 1.69. The summed E-state index contributed by atoms with van der Waals surface area (Å²) in [6.45, 7) is 3.50. The SMILES string of the molecule is CC(C)NC(=O)CN(C)C(=O)c1cc(Cl)ccc1F. The number of nitrogens with one attached hydrogen (secondary N) is 1. The summed E-state index contributed by atoms with van der Waals surface area (Å²) in [5, 5.41) is 2.92. The van der Waals surface area contributed by atoms with E-state index in [9.17, 15) is 14.0 Å². The predicted octanol–water partition coefficient (Wildman–Crippen LogP) is 2.08. The van der Waals surface area contributed by atoms with Gasteiger partial charge in [0.1, 0.15) is 5.82 Å². The number of nitrogens with zero attached hydrogens (tertiary/aromatic N) is 1. The van der Waals surface area contributed by atoms with E-state index in [-0.39, 0.29) is 29.1 Å². The van der Waals surface area contributed by atoms with Crippen molar-refractivity contribution in [1.29, 1.82) is 0 Å². The highest BCUT2D eigenvalue weighted by Crippen LogP contribution is 2.16. The van der Waals surface area contributed by atoms with Crippen molar-refractivity contribution in [2.75, 3.05) is 13.6 Å². The molecule has 0 saturated heterocycles. The van der Waals surface area contributed by atoms with Gasteiger partial charge in [-0.3, -0.25) is 9.59 Å². The summed E-state index contributed by atoms with van der Waals surface area (Å²) in [5.74, 6) is -1.54. The Balaban J connectivity index is 2.77. The van der Waals surface area contributed by atoms with Crippen LogP contribution >= 0.6 is 11.6 Å². The maximum absolute atomic E-state index is 13.5. The second kappa shape index (κ2) is 6.52. The van der Waals surface area contributed by atoms with Crippen LogP contribution in [0, 0.1) is 5.82 Å². The number of carbonyl (C=O) groups excluding carboxylic acids is 2. The van der Waals surface area contributed by atoms with Gasteiger partial charge in [-0.15, -0.1) is 0 Å². The monoisotopic (exact) mass is 286 g/mol. The molecule has 0 atom stereocenters. The molecule has 0 fully saturated rings. The Morgan fingerprint density at radius 2 is 2.05 bits per heavy atom. The Morgan fingerprint density at radius 3 is 2.63 bits per heavy atom. The summed E-state index contributed by atoms with van der Waals surface area (Å²) in [6, 6.07) is 3.71. The summed E-state index contributed by atoms with van der Waals surface area (Å²) in [6.07, 6.45) is 0. The van der Waals surface area contributed by atoms with Gasteiger partial charge in [-0.2, -0.15) is 0 Å². The Hall–Kier alpha value is -1.62. The Labute approximate surface area is 116 Å². The Kier molecular flexibility index (Phi) is 5.30. The molecule has 19 heavy (non-hydrogen) atoms. The number of rotatable bonds is 4. The zero-order valence-corrected chi connectivity index (χ0v) is 11.8. The van der Waals surface area contributed by atoms with Crippen LogP contribution in [0.5, 0.6) is 0 Å². The maximum Gasteiger partial charge on any atom is 0.257 e. The van der Waals surface area contributed by atoms with Crippen LogP contribution < -0.4 is 5.32 Å². The van der Waals surface area contributed by atoms with Gasteiger partial charge in [0.2, 0.25) is 5.91 Å². The number of halogens is 2. The molecular weight excluding hydrogens is 271 g/mol. The second-order valence-electron chi connectivity index (χ2n) is 4.51. The summed E-state index contributed by atoms with van der Waals surface area (Å²) < 4.78 is 13.5. The highest BCUT2D eigenvalue weighted by Gasteiger charge is 2.18. The number of hydrogen-bond donors (Lipinski definition) is 1. The minimum absolute atomic E-state index is 0.0149. The molecule has 0 aromatic heterocycles. The molecular formula is C13H16ClFN2O2. The third-order valence-electron chi connectivity index (χ3n) is 2.34. The van der Waals surface area contributed by atoms with Gasteiger partial charge in [0.25, 0.3) is 5.91 Å². The van der Waals surface area contributed by atoms with Crippen molar-refractivity contribution in [2.45, 2.75) is 19.9 Å². The smallest absolute Gasteiger partial charge is 0.257 e. The average molecular weight is 287 g/mol. The molecule has 1 aromatic rings. The Morgan fingerprint density at radius 1 is 1.42 bits per heavy atom. The normalized spacial score (nSPS) is 10.4. The largest absolute Gasteiger partial charge is 0.352 e. The molecule has 0 aliphatic rings. The third-order valence-corrected chi connectivity index (χ3v) is 2.57. The first kappa shape index (κ1) is 15.4. The lowest BCUT2D eigenvalue weighted by Crippen LogP contribution is -2.41. The fraction of sp³-hybridized carbons (Fsp3) is 0.385. The average Bonchev–Trinajstić information content (AvgIpc) is 2.30. The van der Waals surface area contributed by atoms with Crippen LogP contribution in [0.25, 0.3) is 0 Å². The lowest BCUT2D eigenvalue weighted by Gasteiger charge is -2.18. The van der Waals surface area contributed by atoms with Crippen LogP contribution in [0.15, 0.2) is 18.2 Å². The van der Waals surface area contributed by atoms with Crippen molar-refractivity contribution in [3.8, 4) is 0 Å². The van der Waals surface area contributed by atoms with E-state index in [2.05, 4.69) is 5.32 Å². The molecule has 0 bridgehead atoms. The molecule has 0 saturated carbocycles. The van der Waals surface area contributed by atoms with Crippen molar-refractivity contribution in [2.24, 2.45) is 0 Å². The van der Waals surface area contributed by atoms with Gasteiger partial charge in [-0.05, 0) is 32.0 Å². The minimum atomic E-state index is -0.662. The quantitative estimate of drug-likeness (QED) is 0.921. The molecule has 4 nitrogen and oxygen atoms in total. The van der Waals surface area contributed by atoms with Crippen LogP contribution in [0.2, 0.25) is 5.02 Å². The van der Waals surface area contributed by atoms with E-state index in [0.717, 1.165) is 11.0 Å². The highest BCUT2D eigenvalue weighted by molar-refractivity contribution is 6.31. The number of benzene rings is 1. The summed E-state index contributed by atoms with van der Waals surface area (Å²) in [4.78, 5) is 24.7. The summed E-state index contributed by atoms with van der Waals surface area (Å²) >= 11 is 5.72. The first-order valence-electron chi connectivity index (χ1n) is 5.81. The minimum Gasteiger partial charge on any atom is -0.352 e. The van der Waals surface area contributed by atoms with Crippen molar-refractivity contribution < 1.29 is 14.0 Å². The molecule has 2 amide bonds. The van der Waals surface area contributed by atoms with E-state index in [0.29, 0.717) is 0 Å². The molecule has 0 heterocycles. The van der Waals surface area contributed by atoms with Gasteiger partial charge < -0.3 is 10.2 Å². The maximum atomic E-state index is 13.5. The standard InChI is InChI=1S/C13H16ClFN2O2/c1-8(2)16-12(18)7-17(3)13(19)10-6-9(14)4-5-11(10)15/h4-6,8H,7H2,1-3H3,(H,16,18). The number of amides is 2. The van der Waals surface area contributed by atoms with Crippen molar-refractivity contribution >= 4 is 23.4 Å². The Bertz CT molecular complexity index is 492. The molecule has 1 aromatic carbocycles. The second-order valence-corrected chi connectivity index (χ2v) is 4.94. The molecule has 1 rings (SSSR count). The molecule has 0 aliphatic carbocycles. The molecule has 6 heteroatoms. The van der Waals surface area contributed by atoms with Gasteiger partial charge in [0.05, 0.1) is 12.1 Å². The molecule has 1 N–H and O–H groups in total. The lowest BCUT2D eigenvalue weighted by atomic mass is 10.2. The molecule has 0 aliphatic heterocycles. The zero-order valence-electron chi connectivity index (χ0n) is 11.0. The molecule has 0 spiro atoms. The number of hydrogen-bond acceptors (Lipinski definition) is 2. The lowest BCUT2D eigenvalue weighted by molar-refractivity contribution is -0.122. The van der Waals surface area contributed by atoms with Gasteiger partial charge in [-0.1, -0.05) is 11.6 Å². The summed E-state index contributed by atoms with van der Waals surface area (Å²) in [5.41, 5.74) is -0.146. The van der Waals surface area contributed by atoms with Crippen LogP contribution in [0.3, 0.4) is 0 Å². The van der Waals surface area contributed by atoms with Crippen molar-refractivity contribution in [1.82, 2.24) is 10.2 Å². The highest BCUT2D eigenvalue weighted by atomic mass is 35.5. The van der Waals surface area contributed by atoms with Gasteiger partial charge in [-0.25, -0.2) is 4.39 Å². The fourth-order valence-electron chi connectivity index (χ4n) is 1.52.